The van der Waals surface area contributed by atoms with Crippen LogP contribution in [0.3, 0.4) is 0 Å². The van der Waals surface area contributed by atoms with Gasteiger partial charge in [-0.1, -0.05) is 6.92 Å². The van der Waals surface area contributed by atoms with Crippen molar-refractivity contribution in [3.8, 4) is 0 Å². The fourth-order valence-corrected chi connectivity index (χ4v) is 3.11. The number of sulfonamides is 1. The zero-order valence-corrected chi connectivity index (χ0v) is 12.5. The second kappa shape index (κ2) is 8.29. The Balaban J connectivity index is 2.24. The largest absolute Gasteiger partial charge is 0.317 e. The average molecular weight is 288 g/mol. The molecule has 0 aromatic carbocycles. The molecule has 1 atom stereocenters. The summed E-state index contributed by atoms with van der Waals surface area (Å²) in [4.78, 5) is 0. The van der Waals surface area contributed by atoms with E-state index in [1.807, 2.05) is 6.92 Å². The lowest BCUT2D eigenvalue weighted by Crippen LogP contribution is -2.29. The number of hydrogen-bond donors (Lipinski definition) is 3. The zero-order valence-electron chi connectivity index (χ0n) is 11.6. The van der Waals surface area contributed by atoms with Crippen molar-refractivity contribution in [1.82, 2.24) is 20.2 Å². The molecule has 0 spiro atoms. The van der Waals surface area contributed by atoms with Gasteiger partial charge >= 0.3 is 0 Å². The van der Waals surface area contributed by atoms with E-state index in [4.69, 9.17) is 0 Å². The quantitative estimate of drug-likeness (QED) is 0.564. The molecule has 0 bridgehead atoms. The summed E-state index contributed by atoms with van der Waals surface area (Å²) in [5, 5.41) is 9.74. The SMILES string of the molecule is CCCNCCCCS(=O)(=O)NC(C)c1cn[nH]c1. The van der Waals surface area contributed by atoms with E-state index >= 15 is 0 Å². The highest BCUT2D eigenvalue weighted by molar-refractivity contribution is 7.89. The molecular weight excluding hydrogens is 264 g/mol. The molecule has 3 N–H and O–H groups in total. The third-order valence-corrected chi connectivity index (χ3v) is 4.36. The van der Waals surface area contributed by atoms with Crippen molar-refractivity contribution < 1.29 is 8.42 Å². The van der Waals surface area contributed by atoms with Crippen LogP contribution in [0.15, 0.2) is 12.4 Å². The van der Waals surface area contributed by atoms with E-state index in [2.05, 4.69) is 27.2 Å². The lowest BCUT2D eigenvalue weighted by molar-refractivity contribution is 0.560. The molecule has 1 rings (SSSR count). The minimum Gasteiger partial charge on any atom is -0.317 e. The molecule has 0 fully saturated rings. The molecule has 0 aliphatic rings. The van der Waals surface area contributed by atoms with Crippen molar-refractivity contribution in [2.45, 2.75) is 39.2 Å². The number of rotatable bonds is 10. The van der Waals surface area contributed by atoms with Gasteiger partial charge in [0, 0.05) is 17.8 Å². The van der Waals surface area contributed by atoms with E-state index in [9.17, 15) is 8.42 Å². The fourth-order valence-electron chi connectivity index (χ4n) is 1.74. The number of nitrogens with zero attached hydrogens (tertiary/aromatic N) is 1. The van der Waals surface area contributed by atoms with Gasteiger partial charge < -0.3 is 5.32 Å². The van der Waals surface area contributed by atoms with Crippen molar-refractivity contribution in [2.24, 2.45) is 0 Å². The van der Waals surface area contributed by atoms with Crippen LogP contribution in [0.25, 0.3) is 0 Å². The molecule has 0 aliphatic heterocycles. The Hall–Kier alpha value is -0.920. The Morgan fingerprint density at radius 1 is 1.37 bits per heavy atom. The highest BCUT2D eigenvalue weighted by atomic mass is 32.2. The highest BCUT2D eigenvalue weighted by Crippen LogP contribution is 2.11. The first kappa shape index (κ1) is 16.1. The van der Waals surface area contributed by atoms with E-state index < -0.39 is 10.0 Å². The maximum absolute atomic E-state index is 11.9. The van der Waals surface area contributed by atoms with Gasteiger partial charge in [0.15, 0.2) is 0 Å². The lowest BCUT2D eigenvalue weighted by atomic mass is 10.2. The smallest absolute Gasteiger partial charge is 0.212 e. The first-order chi connectivity index (χ1) is 9.05. The van der Waals surface area contributed by atoms with Crippen LogP contribution < -0.4 is 10.0 Å². The molecule has 0 amide bonds. The van der Waals surface area contributed by atoms with Gasteiger partial charge in [-0.15, -0.1) is 0 Å². The second-order valence-electron chi connectivity index (χ2n) is 4.65. The van der Waals surface area contributed by atoms with E-state index in [0.717, 1.165) is 31.5 Å². The van der Waals surface area contributed by atoms with Crippen LogP contribution >= 0.6 is 0 Å². The third kappa shape index (κ3) is 6.70. The number of H-pyrrole nitrogens is 1. The third-order valence-electron chi connectivity index (χ3n) is 2.82. The van der Waals surface area contributed by atoms with Gasteiger partial charge in [-0.05, 0) is 39.3 Å². The Kier molecular flexibility index (Phi) is 7.04. The van der Waals surface area contributed by atoms with Crippen molar-refractivity contribution in [3.05, 3.63) is 18.0 Å². The van der Waals surface area contributed by atoms with Crippen LogP contribution in [0.1, 0.15) is 44.7 Å². The predicted octanol–water partition coefficient (Wildman–Crippen LogP) is 1.17. The van der Waals surface area contributed by atoms with E-state index in [1.54, 1.807) is 12.4 Å². The van der Waals surface area contributed by atoms with Gasteiger partial charge in [-0.3, -0.25) is 5.10 Å². The van der Waals surface area contributed by atoms with Crippen LogP contribution in [-0.2, 0) is 10.0 Å². The second-order valence-corrected chi connectivity index (χ2v) is 6.52. The van der Waals surface area contributed by atoms with Crippen LogP contribution in [0.4, 0.5) is 0 Å². The van der Waals surface area contributed by atoms with Crippen LogP contribution in [0.5, 0.6) is 0 Å². The lowest BCUT2D eigenvalue weighted by Gasteiger charge is -2.12. The number of aromatic nitrogens is 2. The summed E-state index contributed by atoms with van der Waals surface area (Å²) in [6, 6.07) is -0.248. The zero-order chi connectivity index (χ0) is 14.1. The molecule has 0 radical (unpaired) electrons. The molecular formula is C12H24N4O2S. The summed E-state index contributed by atoms with van der Waals surface area (Å²) >= 11 is 0. The Morgan fingerprint density at radius 2 is 2.16 bits per heavy atom. The molecule has 0 saturated carbocycles. The maximum atomic E-state index is 11.9. The summed E-state index contributed by atoms with van der Waals surface area (Å²) in [5.74, 6) is 0.170. The Labute approximate surface area is 115 Å². The predicted molar refractivity (Wildman–Crippen MR) is 76.3 cm³/mol. The summed E-state index contributed by atoms with van der Waals surface area (Å²) in [5.41, 5.74) is 0.841. The minimum atomic E-state index is -3.22. The van der Waals surface area contributed by atoms with Crippen molar-refractivity contribution in [1.29, 1.82) is 0 Å². The number of aromatic amines is 1. The monoisotopic (exact) mass is 288 g/mol. The van der Waals surface area contributed by atoms with Crippen molar-refractivity contribution in [2.75, 3.05) is 18.8 Å². The molecule has 0 saturated heterocycles. The first-order valence-electron chi connectivity index (χ1n) is 6.74. The summed E-state index contributed by atoms with van der Waals surface area (Å²) in [6.45, 7) is 5.78. The van der Waals surface area contributed by atoms with E-state index in [-0.39, 0.29) is 11.8 Å². The normalized spacial score (nSPS) is 13.6. The maximum Gasteiger partial charge on any atom is 0.212 e. The molecule has 1 aromatic heterocycles. The highest BCUT2D eigenvalue weighted by Gasteiger charge is 2.15. The standard InChI is InChI=1S/C12H24N4O2S/c1-3-6-13-7-4-5-8-19(17,18)16-11(2)12-9-14-15-10-12/h9-11,13,16H,3-8H2,1-2H3,(H,14,15). The van der Waals surface area contributed by atoms with Crippen molar-refractivity contribution >= 4 is 10.0 Å². The van der Waals surface area contributed by atoms with Gasteiger partial charge in [0.1, 0.15) is 0 Å². The fraction of sp³-hybridized carbons (Fsp3) is 0.750. The van der Waals surface area contributed by atoms with Crippen LogP contribution in [-0.4, -0.2) is 37.5 Å². The van der Waals surface area contributed by atoms with Gasteiger partial charge in [0.2, 0.25) is 10.0 Å². The van der Waals surface area contributed by atoms with Gasteiger partial charge in [-0.2, -0.15) is 5.10 Å². The molecule has 1 unspecified atom stereocenters. The molecule has 6 nitrogen and oxygen atoms in total. The van der Waals surface area contributed by atoms with Crippen molar-refractivity contribution in [3.63, 3.8) is 0 Å². The molecule has 19 heavy (non-hydrogen) atoms. The average Bonchev–Trinajstić information content (AvgIpc) is 2.87. The van der Waals surface area contributed by atoms with Crippen LogP contribution in [0, 0.1) is 0 Å². The summed E-state index contributed by atoms with van der Waals surface area (Å²) < 4.78 is 26.4. The van der Waals surface area contributed by atoms with E-state index in [0.29, 0.717) is 6.42 Å². The van der Waals surface area contributed by atoms with Gasteiger partial charge in [0.25, 0.3) is 0 Å². The molecule has 7 heteroatoms. The first-order valence-corrected chi connectivity index (χ1v) is 8.40. The number of unbranched alkanes of at least 4 members (excludes halogenated alkanes) is 1. The summed E-state index contributed by atoms with van der Waals surface area (Å²) in [7, 11) is -3.22. The molecule has 1 aromatic rings. The molecule has 0 aliphatic carbocycles. The minimum absolute atomic E-state index is 0.170. The van der Waals surface area contributed by atoms with Gasteiger partial charge in [-0.25, -0.2) is 13.1 Å². The topological polar surface area (TPSA) is 86.9 Å². The molecule has 1 heterocycles. The molecule has 110 valence electrons. The number of hydrogen-bond acceptors (Lipinski definition) is 4. The number of nitrogens with one attached hydrogen (secondary N) is 3. The summed E-state index contributed by atoms with van der Waals surface area (Å²) in [6.07, 6.45) is 5.97. The Bertz CT molecular complexity index is 431. The van der Waals surface area contributed by atoms with Crippen LogP contribution in [0.2, 0.25) is 0 Å². The Morgan fingerprint density at radius 3 is 2.79 bits per heavy atom. The van der Waals surface area contributed by atoms with Gasteiger partial charge in [0.05, 0.1) is 11.9 Å². The van der Waals surface area contributed by atoms with E-state index in [1.165, 1.54) is 0 Å².